The van der Waals surface area contributed by atoms with Gasteiger partial charge in [0.1, 0.15) is 0 Å². The van der Waals surface area contributed by atoms with Crippen molar-refractivity contribution < 1.29 is 0 Å². The van der Waals surface area contributed by atoms with Gasteiger partial charge in [0.05, 0.1) is 0 Å². The summed E-state index contributed by atoms with van der Waals surface area (Å²) in [6, 6.07) is 85.1. The minimum absolute atomic E-state index is 1.19. The summed E-state index contributed by atoms with van der Waals surface area (Å²) in [5.41, 5.74) is 12.3. The summed E-state index contributed by atoms with van der Waals surface area (Å²) in [6.45, 7) is 4.00. The molecule has 0 aliphatic heterocycles. The monoisotopic (exact) mass is 844 g/mol. The van der Waals surface area contributed by atoms with Gasteiger partial charge in [0, 0.05) is 4.47 Å². The molecule has 0 aliphatic rings. The molecule has 0 aromatic heterocycles. The van der Waals surface area contributed by atoms with E-state index in [1.807, 2.05) is 13.8 Å². The zero-order chi connectivity index (χ0) is 41.5. The highest BCUT2D eigenvalue weighted by Crippen LogP contribution is 2.45. The lowest BCUT2D eigenvalue weighted by Gasteiger charge is -2.20. The maximum atomic E-state index is 3.68. The van der Waals surface area contributed by atoms with E-state index in [-0.39, 0.29) is 0 Å². The molecule has 0 amide bonds. The first-order valence-corrected chi connectivity index (χ1v) is 21.9. The van der Waals surface area contributed by atoms with Crippen molar-refractivity contribution in [3.05, 3.63) is 241 Å². The highest BCUT2D eigenvalue weighted by Gasteiger charge is 2.18. The zero-order valence-electron chi connectivity index (χ0n) is 34.4. The Morgan fingerprint density at radius 1 is 0.246 bits per heavy atom. The third kappa shape index (κ3) is 8.01. The number of fused-ring (bicyclic) bond motifs is 4. The first kappa shape index (κ1) is 39.4. The zero-order valence-corrected chi connectivity index (χ0v) is 36.0. The van der Waals surface area contributed by atoms with E-state index in [2.05, 4.69) is 253 Å². The molecule has 61 heavy (non-hydrogen) atoms. The van der Waals surface area contributed by atoms with Crippen LogP contribution in [0, 0.1) is 0 Å². The Morgan fingerprint density at radius 3 is 0.967 bits per heavy atom. The van der Waals surface area contributed by atoms with E-state index in [9.17, 15) is 0 Å². The van der Waals surface area contributed by atoms with Gasteiger partial charge in [-0.1, -0.05) is 226 Å². The fraction of sp³-hybridized carbons (Fsp3) is 0.0333. The fourth-order valence-electron chi connectivity index (χ4n) is 8.53. The van der Waals surface area contributed by atoms with Gasteiger partial charge >= 0.3 is 0 Å². The molecular formula is C60H45Br. The molecular weight excluding hydrogens is 801 g/mol. The second-order valence-corrected chi connectivity index (χ2v) is 15.7. The van der Waals surface area contributed by atoms with Crippen molar-refractivity contribution in [3.8, 4) is 55.6 Å². The van der Waals surface area contributed by atoms with Gasteiger partial charge in [0.25, 0.3) is 0 Å². The smallest absolute Gasteiger partial charge is 0.0332 e. The summed E-state index contributed by atoms with van der Waals surface area (Å²) >= 11 is 3.68. The van der Waals surface area contributed by atoms with E-state index in [4.69, 9.17) is 0 Å². The van der Waals surface area contributed by atoms with Gasteiger partial charge in [-0.15, -0.1) is 0 Å². The molecule has 0 atom stereocenters. The SMILES string of the molecule is Brc1c2ccccc2cc2ccccc12.CC.c1ccc(-c2cc(-c3ccccc3)c(-c3ccc(-c4c5ccccc5cc5ccccc45)cc3)c(-c3ccccc3)c2)cc1. The molecule has 0 nitrogen and oxygen atoms in total. The van der Waals surface area contributed by atoms with Crippen molar-refractivity contribution in [1.29, 1.82) is 0 Å². The molecule has 0 saturated carbocycles. The van der Waals surface area contributed by atoms with Crippen molar-refractivity contribution >= 4 is 59.0 Å². The van der Waals surface area contributed by atoms with Crippen molar-refractivity contribution in [2.24, 2.45) is 0 Å². The third-order valence-corrected chi connectivity index (χ3v) is 12.2. The molecule has 0 bridgehead atoms. The lowest BCUT2D eigenvalue weighted by molar-refractivity contribution is 1.50. The molecule has 0 saturated heterocycles. The van der Waals surface area contributed by atoms with Gasteiger partial charge in [-0.3, -0.25) is 0 Å². The average Bonchev–Trinajstić information content (AvgIpc) is 3.35. The van der Waals surface area contributed by atoms with Crippen molar-refractivity contribution in [2.45, 2.75) is 13.8 Å². The van der Waals surface area contributed by atoms with Gasteiger partial charge in [0.15, 0.2) is 0 Å². The number of halogens is 1. The highest BCUT2D eigenvalue weighted by molar-refractivity contribution is 9.10. The molecule has 1 heteroatoms. The molecule has 0 aliphatic carbocycles. The molecule has 0 N–H and O–H groups in total. The van der Waals surface area contributed by atoms with Crippen molar-refractivity contribution in [1.82, 2.24) is 0 Å². The van der Waals surface area contributed by atoms with Crippen LogP contribution in [0.4, 0.5) is 0 Å². The number of hydrogen-bond acceptors (Lipinski definition) is 0. The van der Waals surface area contributed by atoms with E-state index >= 15 is 0 Å². The Labute approximate surface area is 367 Å². The third-order valence-electron chi connectivity index (χ3n) is 11.4. The molecule has 292 valence electrons. The van der Waals surface area contributed by atoms with Crippen LogP contribution in [0.25, 0.3) is 98.7 Å². The quantitative estimate of drug-likeness (QED) is 0.151. The van der Waals surface area contributed by atoms with Crippen molar-refractivity contribution in [3.63, 3.8) is 0 Å². The summed E-state index contributed by atoms with van der Waals surface area (Å²) in [7, 11) is 0. The molecule has 0 radical (unpaired) electrons. The van der Waals surface area contributed by atoms with E-state index in [1.54, 1.807) is 0 Å². The standard InChI is InChI=1S/C44H30.C14H9Br.C2H6/c1-4-14-31(15-5-1)38-29-41(32-16-6-2-7-17-32)44(42(30-38)33-18-8-3-9-19-33)35-26-24-34(25-27-35)43-39-22-12-10-20-36(39)28-37-21-11-13-23-40(37)43;15-14-12-7-3-1-5-10(12)9-11-6-2-4-8-13(11)14;1-2/h1-30H;1-9H;1-2H3. The van der Waals surface area contributed by atoms with Crippen LogP contribution in [0.5, 0.6) is 0 Å². The van der Waals surface area contributed by atoms with Gasteiger partial charge in [0.2, 0.25) is 0 Å². The summed E-state index contributed by atoms with van der Waals surface area (Å²) in [4.78, 5) is 0. The Bertz CT molecular complexity index is 3070. The lowest BCUT2D eigenvalue weighted by Crippen LogP contribution is -1.93. The maximum absolute atomic E-state index is 3.68. The van der Waals surface area contributed by atoms with Crippen LogP contribution in [-0.4, -0.2) is 0 Å². The second kappa shape index (κ2) is 18.1. The van der Waals surface area contributed by atoms with Crippen LogP contribution in [0.1, 0.15) is 13.8 Å². The molecule has 11 rings (SSSR count). The molecule has 0 unspecified atom stereocenters. The highest BCUT2D eigenvalue weighted by atomic mass is 79.9. The van der Waals surface area contributed by atoms with Crippen LogP contribution >= 0.6 is 15.9 Å². The predicted octanol–water partition coefficient (Wildman–Crippen LogP) is 18.1. The normalized spacial score (nSPS) is 10.9. The first-order chi connectivity index (χ1) is 30.2. The maximum Gasteiger partial charge on any atom is 0.0332 e. The first-order valence-electron chi connectivity index (χ1n) is 21.1. The van der Waals surface area contributed by atoms with Crippen molar-refractivity contribution in [2.75, 3.05) is 0 Å². The Morgan fingerprint density at radius 2 is 0.557 bits per heavy atom. The van der Waals surface area contributed by atoms with Gasteiger partial charge in [-0.25, -0.2) is 0 Å². The summed E-state index contributed by atoms with van der Waals surface area (Å²) < 4.78 is 1.19. The van der Waals surface area contributed by atoms with Crippen LogP contribution in [0.3, 0.4) is 0 Å². The van der Waals surface area contributed by atoms with E-state index < -0.39 is 0 Å². The van der Waals surface area contributed by atoms with Crippen LogP contribution in [-0.2, 0) is 0 Å². The second-order valence-electron chi connectivity index (χ2n) is 14.9. The van der Waals surface area contributed by atoms with Gasteiger partial charge < -0.3 is 0 Å². The number of rotatable bonds is 5. The Balaban J connectivity index is 0.000000234. The van der Waals surface area contributed by atoms with E-state index in [0.717, 1.165) is 0 Å². The lowest BCUT2D eigenvalue weighted by atomic mass is 9.84. The Hall–Kier alpha value is -7.06. The Kier molecular flexibility index (Phi) is 11.7. The minimum Gasteiger partial charge on any atom is -0.0683 e. The fourth-order valence-corrected chi connectivity index (χ4v) is 9.25. The van der Waals surface area contributed by atoms with Gasteiger partial charge in [-0.2, -0.15) is 0 Å². The molecule has 11 aromatic carbocycles. The van der Waals surface area contributed by atoms with E-state index in [0.29, 0.717) is 0 Å². The molecule has 0 spiro atoms. The molecule has 0 fully saturated rings. The van der Waals surface area contributed by atoms with Crippen LogP contribution in [0.2, 0.25) is 0 Å². The van der Waals surface area contributed by atoms with Crippen LogP contribution < -0.4 is 0 Å². The molecule has 11 aromatic rings. The molecule has 0 heterocycles. The van der Waals surface area contributed by atoms with Crippen LogP contribution in [0.15, 0.2) is 241 Å². The average molecular weight is 846 g/mol. The topological polar surface area (TPSA) is 0 Å². The van der Waals surface area contributed by atoms with Gasteiger partial charge in [-0.05, 0) is 139 Å². The number of hydrogen-bond donors (Lipinski definition) is 0. The number of benzene rings is 11. The largest absolute Gasteiger partial charge is 0.0683 e. The van der Waals surface area contributed by atoms with E-state index in [1.165, 1.54) is 103 Å². The minimum atomic E-state index is 1.19. The summed E-state index contributed by atoms with van der Waals surface area (Å²) in [5, 5.41) is 10.2. The summed E-state index contributed by atoms with van der Waals surface area (Å²) in [5.74, 6) is 0. The summed E-state index contributed by atoms with van der Waals surface area (Å²) in [6.07, 6.45) is 0. The predicted molar refractivity (Wildman–Crippen MR) is 269 cm³/mol.